The quantitative estimate of drug-likeness (QED) is 0.852. The minimum Gasteiger partial charge on any atom is -0.365 e. The first-order chi connectivity index (χ1) is 10.3. The van der Waals surface area contributed by atoms with E-state index in [1.54, 1.807) is 6.33 Å². The number of ether oxygens (including phenoxy) is 1. The molecule has 1 amide bonds. The van der Waals surface area contributed by atoms with Crippen molar-refractivity contribution in [2.45, 2.75) is 64.2 Å². The fourth-order valence-corrected chi connectivity index (χ4v) is 3.23. The molecule has 5 heteroatoms. The van der Waals surface area contributed by atoms with Crippen molar-refractivity contribution in [1.82, 2.24) is 14.9 Å². The SMILES string of the molecule is CC[C@@H](OC1CCCC1)C(=O)N1CCc2cncnc2C1. The van der Waals surface area contributed by atoms with Gasteiger partial charge in [-0.3, -0.25) is 4.79 Å². The molecule has 3 rings (SSSR count). The molecule has 0 N–H and O–H groups in total. The van der Waals surface area contributed by atoms with Gasteiger partial charge < -0.3 is 9.64 Å². The Bertz CT molecular complexity index is 500. The van der Waals surface area contributed by atoms with Crippen LogP contribution < -0.4 is 0 Å². The zero-order valence-corrected chi connectivity index (χ0v) is 12.6. The molecule has 1 atom stereocenters. The molecule has 1 saturated carbocycles. The van der Waals surface area contributed by atoms with E-state index in [0.717, 1.165) is 43.5 Å². The van der Waals surface area contributed by atoms with Gasteiger partial charge in [0.25, 0.3) is 5.91 Å². The minimum absolute atomic E-state index is 0.119. The Morgan fingerprint density at radius 3 is 3.05 bits per heavy atom. The molecule has 2 aliphatic rings. The maximum Gasteiger partial charge on any atom is 0.252 e. The maximum absolute atomic E-state index is 12.7. The van der Waals surface area contributed by atoms with Crippen molar-refractivity contribution in [1.29, 1.82) is 0 Å². The lowest BCUT2D eigenvalue weighted by molar-refractivity contribution is -0.148. The molecule has 1 aromatic rings. The molecule has 2 heterocycles. The van der Waals surface area contributed by atoms with Crippen molar-refractivity contribution in [2.75, 3.05) is 6.54 Å². The summed E-state index contributed by atoms with van der Waals surface area (Å²) in [5.41, 5.74) is 2.13. The molecular formula is C16H23N3O2. The van der Waals surface area contributed by atoms with Crippen LogP contribution in [0.25, 0.3) is 0 Å². The average molecular weight is 289 g/mol. The van der Waals surface area contributed by atoms with Gasteiger partial charge in [0, 0.05) is 12.7 Å². The molecule has 0 aromatic carbocycles. The first-order valence-corrected chi connectivity index (χ1v) is 8.00. The molecule has 0 spiro atoms. The third-order valence-electron chi connectivity index (χ3n) is 4.49. The fourth-order valence-electron chi connectivity index (χ4n) is 3.23. The van der Waals surface area contributed by atoms with Gasteiger partial charge in [0.2, 0.25) is 0 Å². The van der Waals surface area contributed by atoms with E-state index in [1.165, 1.54) is 12.8 Å². The third-order valence-corrected chi connectivity index (χ3v) is 4.49. The standard InChI is InChI=1S/C16H23N3O2/c1-2-15(21-13-5-3-4-6-13)16(20)19-8-7-12-9-17-11-18-14(12)10-19/h9,11,13,15H,2-8,10H2,1H3/t15-/m1/s1. The van der Waals surface area contributed by atoms with Gasteiger partial charge in [-0.25, -0.2) is 9.97 Å². The van der Waals surface area contributed by atoms with Crippen LogP contribution in [0.1, 0.15) is 50.3 Å². The normalized spacial score (nSPS) is 20.3. The van der Waals surface area contributed by atoms with Crippen LogP contribution in [0, 0.1) is 0 Å². The number of aromatic nitrogens is 2. The first kappa shape index (κ1) is 14.4. The van der Waals surface area contributed by atoms with E-state index in [9.17, 15) is 4.79 Å². The molecule has 0 radical (unpaired) electrons. The lowest BCUT2D eigenvalue weighted by Crippen LogP contribution is -2.44. The number of rotatable bonds is 4. The first-order valence-electron chi connectivity index (χ1n) is 8.00. The monoisotopic (exact) mass is 289 g/mol. The predicted molar refractivity (Wildman–Crippen MR) is 78.6 cm³/mol. The highest BCUT2D eigenvalue weighted by Crippen LogP contribution is 2.24. The number of hydrogen-bond donors (Lipinski definition) is 0. The summed E-state index contributed by atoms with van der Waals surface area (Å²) >= 11 is 0. The Kier molecular flexibility index (Phi) is 4.48. The Labute approximate surface area is 125 Å². The van der Waals surface area contributed by atoms with E-state index < -0.39 is 0 Å². The third kappa shape index (κ3) is 3.23. The molecule has 114 valence electrons. The van der Waals surface area contributed by atoms with Gasteiger partial charge in [0.1, 0.15) is 12.4 Å². The summed E-state index contributed by atoms with van der Waals surface area (Å²) in [5.74, 6) is 0.119. The van der Waals surface area contributed by atoms with Crippen molar-refractivity contribution in [3.8, 4) is 0 Å². The number of carbonyl (C=O) groups excluding carboxylic acids is 1. The van der Waals surface area contributed by atoms with Crippen molar-refractivity contribution in [3.05, 3.63) is 23.8 Å². The van der Waals surface area contributed by atoms with E-state index in [1.807, 2.05) is 18.0 Å². The zero-order chi connectivity index (χ0) is 14.7. The molecule has 5 nitrogen and oxygen atoms in total. The van der Waals surface area contributed by atoms with Crippen LogP contribution in [0.15, 0.2) is 12.5 Å². The van der Waals surface area contributed by atoms with Gasteiger partial charge in [-0.1, -0.05) is 19.8 Å². The van der Waals surface area contributed by atoms with Gasteiger partial charge in [0.15, 0.2) is 0 Å². The molecule has 0 saturated heterocycles. The summed E-state index contributed by atoms with van der Waals surface area (Å²) in [4.78, 5) is 22.9. The van der Waals surface area contributed by atoms with E-state index in [4.69, 9.17) is 4.74 Å². The van der Waals surface area contributed by atoms with E-state index in [2.05, 4.69) is 9.97 Å². The predicted octanol–water partition coefficient (Wildman–Crippen LogP) is 2.10. The number of amides is 1. The highest BCUT2D eigenvalue weighted by Gasteiger charge is 2.30. The molecule has 21 heavy (non-hydrogen) atoms. The van der Waals surface area contributed by atoms with Crippen LogP contribution in [-0.4, -0.2) is 39.5 Å². The summed E-state index contributed by atoms with van der Waals surface area (Å²) in [5, 5.41) is 0. The maximum atomic E-state index is 12.7. The summed E-state index contributed by atoms with van der Waals surface area (Å²) < 4.78 is 6.04. The molecular weight excluding hydrogens is 266 g/mol. The summed E-state index contributed by atoms with van der Waals surface area (Å²) in [7, 11) is 0. The Hall–Kier alpha value is -1.49. The topological polar surface area (TPSA) is 55.3 Å². The second-order valence-electron chi connectivity index (χ2n) is 5.94. The highest BCUT2D eigenvalue weighted by atomic mass is 16.5. The summed E-state index contributed by atoms with van der Waals surface area (Å²) in [6, 6.07) is 0. The van der Waals surface area contributed by atoms with Crippen LogP contribution in [0.4, 0.5) is 0 Å². The lowest BCUT2D eigenvalue weighted by atomic mass is 10.1. The molecule has 1 aromatic heterocycles. The van der Waals surface area contributed by atoms with E-state index in [0.29, 0.717) is 6.54 Å². The zero-order valence-electron chi connectivity index (χ0n) is 12.6. The Morgan fingerprint density at radius 1 is 1.48 bits per heavy atom. The lowest BCUT2D eigenvalue weighted by Gasteiger charge is -2.31. The van der Waals surface area contributed by atoms with E-state index >= 15 is 0 Å². The summed E-state index contributed by atoms with van der Waals surface area (Å²) in [6.45, 7) is 3.35. The number of nitrogens with zero attached hydrogens (tertiary/aromatic N) is 3. The van der Waals surface area contributed by atoms with E-state index in [-0.39, 0.29) is 18.1 Å². The molecule has 1 fully saturated rings. The van der Waals surface area contributed by atoms with Crippen LogP contribution in [-0.2, 0) is 22.5 Å². The number of carbonyl (C=O) groups is 1. The van der Waals surface area contributed by atoms with Crippen LogP contribution in [0.5, 0.6) is 0 Å². The second kappa shape index (κ2) is 6.52. The largest absolute Gasteiger partial charge is 0.365 e. The van der Waals surface area contributed by atoms with Crippen molar-refractivity contribution < 1.29 is 9.53 Å². The van der Waals surface area contributed by atoms with Crippen LogP contribution in [0.2, 0.25) is 0 Å². The number of hydrogen-bond acceptors (Lipinski definition) is 4. The molecule has 1 aliphatic heterocycles. The van der Waals surface area contributed by atoms with Crippen LogP contribution >= 0.6 is 0 Å². The second-order valence-corrected chi connectivity index (χ2v) is 5.94. The minimum atomic E-state index is -0.295. The number of fused-ring (bicyclic) bond motifs is 1. The van der Waals surface area contributed by atoms with Gasteiger partial charge in [-0.2, -0.15) is 0 Å². The van der Waals surface area contributed by atoms with Crippen LogP contribution in [0.3, 0.4) is 0 Å². The molecule has 0 unspecified atom stereocenters. The van der Waals surface area contributed by atoms with Gasteiger partial charge in [0.05, 0.1) is 18.3 Å². The van der Waals surface area contributed by atoms with Gasteiger partial charge >= 0.3 is 0 Å². The van der Waals surface area contributed by atoms with Gasteiger partial charge in [-0.15, -0.1) is 0 Å². The fraction of sp³-hybridized carbons (Fsp3) is 0.688. The molecule has 1 aliphatic carbocycles. The Morgan fingerprint density at radius 2 is 2.29 bits per heavy atom. The van der Waals surface area contributed by atoms with Gasteiger partial charge in [-0.05, 0) is 31.2 Å². The van der Waals surface area contributed by atoms with Crippen molar-refractivity contribution in [3.63, 3.8) is 0 Å². The van der Waals surface area contributed by atoms with Crippen molar-refractivity contribution in [2.24, 2.45) is 0 Å². The summed E-state index contributed by atoms with van der Waals surface area (Å²) in [6.07, 6.45) is 9.61. The average Bonchev–Trinajstić information content (AvgIpc) is 3.04. The molecule has 0 bridgehead atoms. The van der Waals surface area contributed by atoms with Crippen molar-refractivity contribution >= 4 is 5.91 Å². The highest BCUT2D eigenvalue weighted by molar-refractivity contribution is 5.81. The smallest absolute Gasteiger partial charge is 0.252 e. The Balaban J connectivity index is 1.64.